The monoisotopic (exact) mass is 768 g/mol. The van der Waals surface area contributed by atoms with Gasteiger partial charge in [0.05, 0.1) is 24.4 Å². The molecule has 6 rings (SSSR count). The van der Waals surface area contributed by atoms with Crippen LogP contribution in [0.5, 0.6) is 0 Å². The number of esters is 1. The molecule has 0 bridgehead atoms. The largest absolute Gasteiger partial charge is 0.456 e. The Morgan fingerprint density at radius 3 is 2.15 bits per heavy atom. The van der Waals surface area contributed by atoms with Crippen LogP contribution in [0.1, 0.15) is 99.8 Å². The van der Waals surface area contributed by atoms with Gasteiger partial charge in [0.1, 0.15) is 53.6 Å². The lowest BCUT2D eigenvalue weighted by Gasteiger charge is -2.69. The highest BCUT2D eigenvalue weighted by atomic mass is 16.7. The van der Waals surface area contributed by atoms with Gasteiger partial charge in [-0.05, 0) is 90.9 Å². The maximum absolute atomic E-state index is 13.4. The van der Waals surface area contributed by atoms with E-state index in [1.54, 1.807) is 40.9 Å². The molecule has 54 heavy (non-hydrogen) atoms. The van der Waals surface area contributed by atoms with Crippen molar-refractivity contribution in [2.24, 2.45) is 28.6 Å². The van der Waals surface area contributed by atoms with E-state index in [1.807, 2.05) is 6.92 Å². The average molecular weight is 769 g/mol. The molecule has 4 aliphatic carbocycles. The quantitative estimate of drug-likeness (QED) is 0.130. The number of methoxy groups -OCH3 is 2. The lowest BCUT2D eigenvalue weighted by molar-refractivity contribution is -0.352. The van der Waals surface area contributed by atoms with Crippen LogP contribution in [0.4, 0.5) is 0 Å². The summed E-state index contributed by atoms with van der Waals surface area (Å²) in [6.45, 7) is 12.1. The molecule has 0 spiro atoms. The third-order valence-electron chi connectivity index (χ3n) is 15.1. The molecule has 308 valence electrons. The first-order valence-corrected chi connectivity index (χ1v) is 19.8. The highest BCUT2D eigenvalue weighted by Crippen LogP contribution is 2.71. The van der Waals surface area contributed by atoms with Crippen LogP contribution >= 0.6 is 0 Å². The standard InChI is InChI=1S/C40H64O14/c1-10-19(2)35(45)53-32-33-37(6)14-12-24(17-23(37)11-15-39(33,46)40(47)16-13-25(20(3)41)38(40,7)34(32)44)52-27-18-26(48-8)30(22(5)50-27)54-36-29(43)31(49-9)28(42)21(4)51-36/h10,21-34,36,42-44,46-47H,11-18H2,1-9H3/b19-10+/t21-,22-,23+,24+,25-,26-,27+,28-,29-,30-,31-,32+,33-,34-,36+,37+,38+,39+,40-/m1/s1. The van der Waals surface area contributed by atoms with Crippen LogP contribution in [0, 0.1) is 28.6 Å². The number of aliphatic hydroxyl groups excluding tert-OH is 3. The van der Waals surface area contributed by atoms with Gasteiger partial charge >= 0.3 is 5.97 Å². The van der Waals surface area contributed by atoms with Crippen molar-refractivity contribution >= 4 is 11.8 Å². The number of allylic oxidation sites excluding steroid dienone is 1. The average Bonchev–Trinajstić information content (AvgIpc) is 3.42. The number of hydrogen-bond donors (Lipinski definition) is 5. The molecular weight excluding hydrogens is 704 g/mol. The van der Waals surface area contributed by atoms with E-state index in [0.717, 1.165) is 0 Å². The van der Waals surface area contributed by atoms with Gasteiger partial charge < -0.3 is 58.7 Å². The molecule has 4 saturated carbocycles. The van der Waals surface area contributed by atoms with Crippen molar-refractivity contribution in [1.29, 1.82) is 0 Å². The second-order valence-corrected chi connectivity index (χ2v) is 17.6. The molecule has 0 aromatic rings. The number of rotatable bonds is 9. The number of Topliss-reactive ketones (excluding diaryl/α,β-unsaturated/α-hetero) is 1. The van der Waals surface area contributed by atoms with Crippen molar-refractivity contribution in [2.75, 3.05) is 14.2 Å². The molecule has 2 aliphatic heterocycles. The number of ether oxygens (including phenoxy) is 7. The van der Waals surface area contributed by atoms with E-state index in [-0.39, 0.29) is 30.6 Å². The summed E-state index contributed by atoms with van der Waals surface area (Å²) in [5.74, 6) is -2.31. The molecule has 0 unspecified atom stereocenters. The molecule has 0 aromatic heterocycles. The molecule has 6 aliphatic rings. The van der Waals surface area contributed by atoms with Crippen molar-refractivity contribution in [3.63, 3.8) is 0 Å². The van der Waals surface area contributed by atoms with E-state index >= 15 is 0 Å². The maximum atomic E-state index is 13.4. The first kappa shape index (κ1) is 42.1. The molecule has 2 saturated heterocycles. The Balaban J connectivity index is 1.19. The molecule has 14 nitrogen and oxygen atoms in total. The minimum absolute atomic E-state index is 0.0120. The first-order valence-electron chi connectivity index (χ1n) is 19.8. The number of carbonyl (C=O) groups is 2. The van der Waals surface area contributed by atoms with Crippen molar-refractivity contribution in [3.05, 3.63) is 11.6 Å². The Morgan fingerprint density at radius 1 is 0.815 bits per heavy atom. The van der Waals surface area contributed by atoms with Crippen LogP contribution in [-0.4, -0.2) is 136 Å². The number of carbonyl (C=O) groups excluding carboxylic acids is 2. The summed E-state index contributed by atoms with van der Waals surface area (Å²) in [5, 5.41) is 59.1. The fourth-order valence-electron chi connectivity index (χ4n) is 11.8. The summed E-state index contributed by atoms with van der Waals surface area (Å²) >= 11 is 0. The third-order valence-corrected chi connectivity index (χ3v) is 15.1. The lowest BCUT2D eigenvalue weighted by Crippen LogP contribution is -2.80. The Morgan fingerprint density at radius 2 is 1.52 bits per heavy atom. The smallest absolute Gasteiger partial charge is 0.333 e. The number of hydrogen-bond acceptors (Lipinski definition) is 14. The second-order valence-electron chi connectivity index (χ2n) is 17.6. The normalized spacial score (nSPS) is 52.2. The lowest BCUT2D eigenvalue weighted by atomic mass is 9.40. The minimum Gasteiger partial charge on any atom is -0.456 e. The van der Waals surface area contributed by atoms with E-state index in [0.29, 0.717) is 44.1 Å². The Kier molecular flexibility index (Phi) is 11.9. The van der Waals surface area contributed by atoms with E-state index in [1.165, 1.54) is 14.0 Å². The molecule has 19 atom stereocenters. The predicted molar refractivity (Wildman–Crippen MR) is 192 cm³/mol. The molecule has 0 aromatic carbocycles. The molecule has 14 heteroatoms. The zero-order valence-electron chi connectivity index (χ0n) is 33.3. The fourth-order valence-corrected chi connectivity index (χ4v) is 11.8. The maximum Gasteiger partial charge on any atom is 0.333 e. The van der Waals surface area contributed by atoms with Crippen molar-refractivity contribution in [3.8, 4) is 0 Å². The summed E-state index contributed by atoms with van der Waals surface area (Å²) in [6, 6.07) is 0. The van der Waals surface area contributed by atoms with E-state index in [2.05, 4.69) is 6.92 Å². The van der Waals surface area contributed by atoms with Crippen molar-refractivity contribution < 1.29 is 68.3 Å². The van der Waals surface area contributed by atoms with Crippen LogP contribution in [-0.2, 0) is 42.7 Å². The van der Waals surface area contributed by atoms with Gasteiger partial charge in [-0.25, -0.2) is 4.79 Å². The number of aliphatic hydroxyl groups is 5. The minimum atomic E-state index is -1.78. The van der Waals surface area contributed by atoms with E-state index < -0.39 is 107 Å². The summed E-state index contributed by atoms with van der Waals surface area (Å²) < 4.78 is 42.4. The van der Waals surface area contributed by atoms with Gasteiger partial charge in [-0.3, -0.25) is 4.79 Å². The Labute approximate surface area is 318 Å². The SMILES string of the molecule is C/C=C(\C)C(=O)O[C@@H]1[C@@H](O)[C@]2(C)[C@@H](C(C)=O)CC[C@]2(O)[C@]2(O)CC[C@H]3C[C@@H](O[C@H]4C[C@@H](OC)[C@H](O[C@@H]5O[C@H](C)[C@@H](O)[C@@H](OC)[C@H]5O)[C@@H](C)O4)CC[C@]3(C)[C@@H]12. The summed E-state index contributed by atoms with van der Waals surface area (Å²) in [5.41, 5.74) is -5.23. The topological polar surface area (TPSA) is 200 Å². The van der Waals surface area contributed by atoms with Gasteiger partial charge in [0.2, 0.25) is 0 Å². The van der Waals surface area contributed by atoms with Crippen LogP contribution < -0.4 is 0 Å². The fraction of sp³-hybridized carbons (Fsp3) is 0.900. The molecule has 5 N–H and O–H groups in total. The zero-order chi connectivity index (χ0) is 39.7. The highest BCUT2D eigenvalue weighted by molar-refractivity contribution is 5.88. The molecule has 0 amide bonds. The summed E-state index contributed by atoms with van der Waals surface area (Å²) in [6.07, 6.45) is -4.82. The predicted octanol–water partition coefficient (Wildman–Crippen LogP) is 2.32. The van der Waals surface area contributed by atoms with Gasteiger partial charge in [0, 0.05) is 43.5 Å². The van der Waals surface area contributed by atoms with Crippen LogP contribution in [0.25, 0.3) is 0 Å². The zero-order valence-corrected chi connectivity index (χ0v) is 33.3. The second kappa shape index (κ2) is 15.3. The number of fused-ring (bicyclic) bond motifs is 5. The molecular formula is C40H64O14. The van der Waals surface area contributed by atoms with Crippen molar-refractivity contribution in [1.82, 2.24) is 0 Å². The van der Waals surface area contributed by atoms with E-state index in [9.17, 15) is 35.1 Å². The van der Waals surface area contributed by atoms with Gasteiger partial charge in [-0.2, -0.15) is 0 Å². The molecule has 6 fully saturated rings. The van der Waals surface area contributed by atoms with Crippen LogP contribution in [0.15, 0.2) is 11.6 Å². The van der Waals surface area contributed by atoms with E-state index in [4.69, 9.17) is 33.2 Å². The highest BCUT2D eigenvalue weighted by Gasteiger charge is 2.80. The van der Waals surface area contributed by atoms with Gasteiger partial charge in [0.25, 0.3) is 0 Å². The Bertz CT molecular complexity index is 1420. The Hall–Kier alpha value is -1.56. The van der Waals surface area contributed by atoms with Crippen LogP contribution in [0.2, 0.25) is 0 Å². The van der Waals surface area contributed by atoms with Gasteiger partial charge in [-0.1, -0.05) is 19.9 Å². The number of ketones is 1. The first-order chi connectivity index (χ1) is 25.3. The molecule has 2 heterocycles. The third kappa shape index (κ3) is 6.43. The van der Waals surface area contributed by atoms with Gasteiger partial charge in [-0.15, -0.1) is 0 Å². The molecule has 0 radical (unpaired) electrons. The van der Waals surface area contributed by atoms with Crippen LogP contribution in [0.3, 0.4) is 0 Å². The van der Waals surface area contributed by atoms with Crippen molar-refractivity contribution in [2.45, 2.75) is 185 Å². The van der Waals surface area contributed by atoms with Gasteiger partial charge in [0.15, 0.2) is 12.6 Å². The summed E-state index contributed by atoms with van der Waals surface area (Å²) in [4.78, 5) is 26.4. The summed E-state index contributed by atoms with van der Waals surface area (Å²) in [7, 11) is 2.99.